The highest BCUT2D eigenvalue weighted by Crippen LogP contribution is 2.21. The van der Waals surface area contributed by atoms with Crippen molar-refractivity contribution in [3.63, 3.8) is 0 Å². The van der Waals surface area contributed by atoms with Crippen LogP contribution >= 0.6 is 0 Å². The SMILES string of the molecule is Cc1ccccc1C(=O)NC1CCN(C(=O)c2ccccc2NS(C)(=O)=O)CC1. The molecule has 0 spiro atoms. The van der Waals surface area contributed by atoms with E-state index in [0.717, 1.165) is 11.8 Å². The molecule has 1 aliphatic rings. The maximum absolute atomic E-state index is 12.9. The number of carbonyl (C=O) groups excluding carboxylic acids is 2. The molecular formula is C21H25N3O4S. The number of para-hydroxylation sites is 1. The van der Waals surface area contributed by atoms with E-state index < -0.39 is 10.0 Å². The number of aryl methyl sites for hydroxylation is 1. The zero-order valence-electron chi connectivity index (χ0n) is 16.5. The molecule has 29 heavy (non-hydrogen) atoms. The lowest BCUT2D eigenvalue weighted by Gasteiger charge is -2.33. The van der Waals surface area contributed by atoms with Gasteiger partial charge in [-0.3, -0.25) is 14.3 Å². The minimum Gasteiger partial charge on any atom is -0.349 e. The molecule has 2 amide bonds. The number of amides is 2. The summed E-state index contributed by atoms with van der Waals surface area (Å²) in [4.78, 5) is 27.1. The fourth-order valence-electron chi connectivity index (χ4n) is 3.45. The van der Waals surface area contributed by atoms with Gasteiger partial charge in [0, 0.05) is 24.7 Å². The van der Waals surface area contributed by atoms with Gasteiger partial charge < -0.3 is 10.2 Å². The number of hydrogen-bond donors (Lipinski definition) is 2. The molecule has 0 radical (unpaired) electrons. The summed E-state index contributed by atoms with van der Waals surface area (Å²) in [6.07, 6.45) is 2.34. The zero-order valence-corrected chi connectivity index (χ0v) is 17.3. The van der Waals surface area contributed by atoms with Crippen LogP contribution in [0.5, 0.6) is 0 Å². The Hall–Kier alpha value is -2.87. The summed E-state index contributed by atoms with van der Waals surface area (Å²) in [5, 5.41) is 3.05. The van der Waals surface area contributed by atoms with Gasteiger partial charge in [0.25, 0.3) is 11.8 Å². The Bertz CT molecular complexity index is 1010. The number of likely N-dealkylation sites (tertiary alicyclic amines) is 1. The van der Waals surface area contributed by atoms with Crippen molar-refractivity contribution in [2.24, 2.45) is 0 Å². The number of carbonyl (C=O) groups is 2. The molecule has 1 heterocycles. The van der Waals surface area contributed by atoms with Crippen LogP contribution in [0, 0.1) is 6.92 Å². The van der Waals surface area contributed by atoms with Crippen molar-refractivity contribution in [1.29, 1.82) is 0 Å². The van der Waals surface area contributed by atoms with E-state index in [-0.39, 0.29) is 23.5 Å². The normalized spacial score (nSPS) is 15.0. The molecule has 7 nitrogen and oxygen atoms in total. The predicted molar refractivity (Wildman–Crippen MR) is 112 cm³/mol. The second kappa shape index (κ2) is 8.65. The number of rotatable bonds is 5. The summed E-state index contributed by atoms with van der Waals surface area (Å²) in [7, 11) is -3.48. The first kappa shape index (κ1) is 20.9. The molecule has 0 atom stereocenters. The average Bonchev–Trinajstić information content (AvgIpc) is 2.67. The molecule has 8 heteroatoms. The molecule has 0 aliphatic carbocycles. The standard InChI is InChI=1S/C21H25N3O4S/c1-15-7-3-4-8-17(15)20(25)22-16-11-13-24(14-12-16)21(26)18-9-5-6-10-19(18)23-29(2,27)28/h3-10,16,23H,11-14H2,1-2H3,(H,22,25). The summed E-state index contributed by atoms with van der Waals surface area (Å²) in [5.41, 5.74) is 2.18. The summed E-state index contributed by atoms with van der Waals surface area (Å²) in [6, 6.07) is 14.0. The number of piperidine rings is 1. The minimum atomic E-state index is -3.48. The van der Waals surface area contributed by atoms with Gasteiger partial charge in [0.1, 0.15) is 0 Å². The van der Waals surface area contributed by atoms with E-state index in [2.05, 4.69) is 10.0 Å². The third-order valence-electron chi connectivity index (χ3n) is 4.96. The van der Waals surface area contributed by atoms with Crippen LogP contribution in [0.3, 0.4) is 0 Å². The Morgan fingerprint density at radius 1 is 0.966 bits per heavy atom. The van der Waals surface area contributed by atoms with Gasteiger partial charge in [-0.15, -0.1) is 0 Å². The summed E-state index contributed by atoms with van der Waals surface area (Å²) in [6.45, 7) is 2.88. The summed E-state index contributed by atoms with van der Waals surface area (Å²) >= 11 is 0. The third-order valence-corrected chi connectivity index (χ3v) is 5.55. The van der Waals surface area contributed by atoms with E-state index in [1.165, 1.54) is 0 Å². The number of anilines is 1. The highest BCUT2D eigenvalue weighted by atomic mass is 32.2. The third kappa shape index (κ3) is 5.35. The van der Waals surface area contributed by atoms with E-state index in [0.29, 0.717) is 37.1 Å². The van der Waals surface area contributed by atoms with Crippen molar-refractivity contribution in [2.75, 3.05) is 24.1 Å². The Balaban J connectivity index is 1.62. The zero-order chi connectivity index (χ0) is 21.0. The maximum atomic E-state index is 12.9. The van der Waals surface area contributed by atoms with Crippen molar-refractivity contribution < 1.29 is 18.0 Å². The van der Waals surface area contributed by atoms with Crippen molar-refractivity contribution in [2.45, 2.75) is 25.8 Å². The quantitative estimate of drug-likeness (QED) is 0.784. The first-order valence-electron chi connectivity index (χ1n) is 9.47. The molecule has 1 saturated heterocycles. The van der Waals surface area contributed by atoms with Gasteiger partial charge in [-0.05, 0) is 43.5 Å². The van der Waals surface area contributed by atoms with Gasteiger partial charge in [-0.25, -0.2) is 8.42 Å². The maximum Gasteiger partial charge on any atom is 0.255 e. The minimum absolute atomic E-state index is 0.00413. The topological polar surface area (TPSA) is 95.6 Å². The van der Waals surface area contributed by atoms with Crippen molar-refractivity contribution in [3.05, 3.63) is 65.2 Å². The Labute approximate surface area is 171 Å². The molecule has 1 aliphatic heterocycles. The molecule has 0 saturated carbocycles. The molecule has 3 rings (SSSR count). The lowest BCUT2D eigenvalue weighted by Crippen LogP contribution is -2.46. The van der Waals surface area contributed by atoms with Crippen LogP contribution in [-0.2, 0) is 10.0 Å². The Morgan fingerprint density at radius 3 is 2.17 bits per heavy atom. The summed E-state index contributed by atoms with van der Waals surface area (Å²) < 4.78 is 25.5. The van der Waals surface area contributed by atoms with E-state index >= 15 is 0 Å². The number of sulfonamides is 1. The first-order chi connectivity index (χ1) is 13.7. The first-order valence-corrected chi connectivity index (χ1v) is 11.4. The Morgan fingerprint density at radius 2 is 1.55 bits per heavy atom. The second-order valence-corrected chi connectivity index (χ2v) is 9.02. The van der Waals surface area contributed by atoms with Crippen LogP contribution in [0.4, 0.5) is 5.69 Å². The van der Waals surface area contributed by atoms with Gasteiger partial charge in [-0.1, -0.05) is 30.3 Å². The van der Waals surface area contributed by atoms with E-state index in [1.807, 2.05) is 25.1 Å². The largest absolute Gasteiger partial charge is 0.349 e. The van der Waals surface area contributed by atoms with E-state index in [9.17, 15) is 18.0 Å². The van der Waals surface area contributed by atoms with Gasteiger partial charge in [0.15, 0.2) is 0 Å². The van der Waals surface area contributed by atoms with Gasteiger partial charge in [-0.2, -0.15) is 0 Å². The van der Waals surface area contributed by atoms with Crippen LogP contribution < -0.4 is 10.0 Å². The van der Waals surface area contributed by atoms with E-state index in [1.54, 1.807) is 35.2 Å². The van der Waals surface area contributed by atoms with Gasteiger partial charge in [0.2, 0.25) is 10.0 Å². The van der Waals surface area contributed by atoms with Crippen LogP contribution in [0.1, 0.15) is 39.1 Å². The lowest BCUT2D eigenvalue weighted by atomic mass is 10.0. The Kier molecular flexibility index (Phi) is 6.22. The van der Waals surface area contributed by atoms with Crippen LogP contribution in [0.25, 0.3) is 0 Å². The van der Waals surface area contributed by atoms with Gasteiger partial charge >= 0.3 is 0 Å². The molecule has 0 aromatic heterocycles. The second-order valence-electron chi connectivity index (χ2n) is 7.27. The van der Waals surface area contributed by atoms with Crippen LogP contribution in [-0.4, -0.2) is 50.5 Å². The van der Waals surface area contributed by atoms with E-state index in [4.69, 9.17) is 0 Å². The van der Waals surface area contributed by atoms with Crippen LogP contribution in [0.2, 0.25) is 0 Å². The number of benzene rings is 2. The fourth-order valence-corrected chi connectivity index (χ4v) is 4.02. The molecule has 0 bridgehead atoms. The smallest absolute Gasteiger partial charge is 0.255 e. The average molecular weight is 416 g/mol. The molecule has 0 unspecified atom stereocenters. The highest BCUT2D eigenvalue weighted by Gasteiger charge is 2.26. The number of hydrogen-bond acceptors (Lipinski definition) is 4. The summed E-state index contributed by atoms with van der Waals surface area (Å²) in [5.74, 6) is -0.323. The molecule has 1 fully saturated rings. The fraction of sp³-hybridized carbons (Fsp3) is 0.333. The van der Waals surface area contributed by atoms with Crippen molar-refractivity contribution >= 4 is 27.5 Å². The monoisotopic (exact) mass is 415 g/mol. The van der Waals surface area contributed by atoms with Crippen molar-refractivity contribution in [1.82, 2.24) is 10.2 Å². The number of nitrogens with zero attached hydrogens (tertiary/aromatic N) is 1. The van der Waals surface area contributed by atoms with Crippen molar-refractivity contribution in [3.8, 4) is 0 Å². The molecule has 2 N–H and O–H groups in total. The van der Waals surface area contributed by atoms with Crippen LogP contribution in [0.15, 0.2) is 48.5 Å². The molecule has 2 aromatic carbocycles. The highest BCUT2D eigenvalue weighted by molar-refractivity contribution is 7.92. The molecular weight excluding hydrogens is 390 g/mol. The molecule has 154 valence electrons. The van der Waals surface area contributed by atoms with Gasteiger partial charge in [0.05, 0.1) is 17.5 Å². The molecule has 2 aromatic rings. The predicted octanol–water partition coefficient (Wildman–Crippen LogP) is 2.40. The lowest BCUT2D eigenvalue weighted by molar-refractivity contribution is 0.0699. The number of nitrogens with one attached hydrogen (secondary N) is 2.